The normalized spacial score (nSPS) is 12.3. The van der Waals surface area contributed by atoms with Crippen molar-refractivity contribution in [1.29, 1.82) is 0 Å². The van der Waals surface area contributed by atoms with E-state index in [9.17, 15) is 9.59 Å². The minimum Gasteiger partial charge on any atom is -0.383 e. The summed E-state index contributed by atoms with van der Waals surface area (Å²) in [5.41, 5.74) is 4.26. The van der Waals surface area contributed by atoms with Gasteiger partial charge in [0.05, 0.1) is 11.1 Å². The molecule has 6 nitrogen and oxygen atoms in total. The first-order valence-electron chi connectivity index (χ1n) is 10.8. The van der Waals surface area contributed by atoms with E-state index in [4.69, 9.17) is 0 Å². The zero-order chi connectivity index (χ0) is 22.5. The van der Waals surface area contributed by atoms with Crippen molar-refractivity contribution >= 4 is 28.6 Å². The van der Waals surface area contributed by atoms with Crippen molar-refractivity contribution in [3.63, 3.8) is 0 Å². The molecule has 4 rings (SSSR count). The number of nitrogens with one attached hydrogen (secondary N) is 3. The lowest BCUT2D eigenvalue weighted by molar-refractivity contribution is 0.0980. The number of para-hydroxylation sites is 1. The molecule has 32 heavy (non-hydrogen) atoms. The second kappa shape index (κ2) is 9.66. The number of carbonyl (C=O) groups excluding carboxylic acids is 2. The van der Waals surface area contributed by atoms with Crippen molar-refractivity contribution in [3.05, 3.63) is 89.0 Å². The Morgan fingerprint density at radius 1 is 0.625 bits per heavy atom. The van der Waals surface area contributed by atoms with Crippen LogP contribution >= 0.6 is 0 Å². The highest BCUT2D eigenvalue weighted by Gasteiger charge is 2.33. The average Bonchev–Trinajstić information content (AvgIpc) is 2.80. The standard InChI is InChI=1S/C26H28N4O2/c1-30(2)17-16-29-22-13-7-11-20-24(22)26(32)19-10-6-12-21(23(19)25(20)31)28-15-14-27-18-8-4-3-5-9-18/h3-13,27-29H,14-17H2,1-2H3. The molecule has 1 aliphatic carbocycles. The van der Waals surface area contributed by atoms with E-state index in [1.807, 2.05) is 68.7 Å². The first-order chi connectivity index (χ1) is 15.6. The maximum Gasteiger partial charge on any atom is 0.196 e. The molecule has 0 saturated heterocycles. The van der Waals surface area contributed by atoms with E-state index < -0.39 is 0 Å². The third-order valence-electron chi connectivity index (χ3n) is 5.49. The van der Waals surface area contributed by atoms with Gasteiger partial charge in [-0.2, -0.15) is 0 Å². The number of ketones is 2. The van der Waals surface area contributed by atoms with Gasteiger partial charge >= 0.3 is 0 Å². The quantitative estimate of drug-likeness (QED) is 0.351. The van der Waals surface area contributed by atoms with Crippen LogP contribution in [-0.2, 0) is 0 Å². The molecule has 0 fully saturated rings. The predicted molar refractivity (Wildman–Crippen MR) is 130 cm³/mol. The van der Waals surface area contributed by atoms with E-state index in [0.29, 0.717) is 53.3 Å². The molecule has 0 bridgehead atoms. The van der Waals surface area contributed by atoms with Crippen LogP contribution in [0.3, 0.4) is 0 Å². The molecule has 0 spiro atoms. The van der Waals surface area contributed by atoms with Gasteiger partial charge in [0.25, 0.3) is 0 Å². The van der Waals surface area contributed by atoms with Crippen LogP contribution in [0.5, 0.6) is 0 Å². The fourth-order valence-corrected chi connectivity index (χ4v) is 3.91. The molecule has 3 aromatic rings. The van der Waals surface area contributed by atoms with Crippen LogP contribution in [0, 0.1) is 0 Å². The van der Waals surface area contributed by atoms with E-state index in [-0.39, 0.29) is 11.6 Å². The largest absolute Gasteiger partial charge is 0.383 e. The molecular formula is C26H28N4O2. The second-order valence-electron chi connectivity index (χ2n) is 8.06. The van der Waals surface area contributed by atoms with Crippen molar-refractivity contribution in [3.8, 4) is 0 Å². The van der Waals surface area contributed by atoms with E-state index in [1.54, 1.807) is 12.1 Å². The Morgan fingerprint density at radius 2 is 1.16 bits per heavy atom. The Kier molecular flexibility index (Phi) is 6.52. The van der Waals surface area contributed by atoms with Crippen molar-refractivity contribution in [2.45, 2.75) is 0 Å². The van der Waals surface area contributed by atoms with Gasteiger partial charge in [0.2, 0.25) is 0 Å². The number of benzene rings is 3. The molecule has 6 heteroatoms. The lowest BCUT2D eigenvalue weighted by Crippen LogP contribution is -2.26. The van der Waals surface area contributed by atoms with Gasteiger partial charge in [0.15, 0.2) is 11.6 Å². The second-order valence-corrected chi connectivity index (χ2v) is 8.06. The predicted octanol–water partition coefficient (Wildman–Crippen LogP) is 3.96. The smallest absolute Gasteiger partial charge is 0.196 e. The van der Waals surface area contributed by atoms with Crippen LogP contribution in [0.15, 0.2) is 66.7 Å². The third-order valence-corrected chi connectivity index (χ3v) is 5.49. The molecule has 3 aromatic carbocycles. The number of carbonyl (C=O) groups is 2. The molecule has 1 aliphatic rings. The van der Waals surface area contributed by atoms with Crippen LogP contribution in [0.25, 0.3) is 0 Å². The number of nitrogens with zero attached hydrogens (tertiary/aromatic N) is 1. The summed E-state index contributed by atoms with van der Waals surface area (Å²) in [7, 11) is 3.99. The Morgan fingerprint density at radius 3 is 1.72 bits per heavy atom. The maximum atomic E-state index is 13.4. The van der Waals surface area contributed by atoms with Crippen molar-refractivity contribution in [2.24, 2.45) is 0 Å². The zero-order valence-electron chi connectivity index (χ0n) is 18.4. The number of hydrogen-bond donors (Lipinski definition) is 3. The summed E-state index contributed by atoms with van der Waals surface area (Å²) in [6.07, 6.45) is 0. The lowest BCUT2D eigenvalue weighted by atomic mass is 9.82. The number of anilines is 3. The SMILES string of the molecule is CN(C)CCNc1cccc2c1C(=O)c1cccc(NCCNc3ccccc3)c1C2=O. The molecule has 0 saturated carbocycles. The Hall–Kier alpha value is -3.64. The summed E-state index contributed by atoms with van der Waals surface area (Å²) in [5.74, 6) is -0.237. The summed E-state index contributed by atoms with van der Waals surface area (Å²) in [6, 6.07) is 20.8. The van der Waals surface area contributed by atoms with E-state index >= 15 is 0 Å². The molecule has 0 amide bonds. The molecule has 3 N–H and O–H groups in total. The fraction of sp³-hybridized carbons (Fsp3) is 0.231. The highest BCUT2D eigenvalue weighted by molar-refractivity contribution is 6.31. The number of likely N-dealkylation sites (N-methyl/N-ethyl adjacent to an activating group) is 1. The van der Waals surface area contributed by atoms with Crippen LogP contribution in [0.2, 0.25) is 0 Å². The van der Waals surface area contributed by atoms with Crippen molar-refractivity contribution in [2.75, 3.05) is 56.2 Å². The molecule has 0 unspecified atom stereocenters. The lowest BCUT2D eigenvalue weighted by Gasteiger charge is -2.23. The van der Waals surface area contributed by atoms with Crippen molar-refractivity contribution < 1.29 is 9.59 Å². The minimum absolute atomic E-state index is 0.117. The molecule has 0 radical (unpaired) electrons. The van der Waals surface area contributed by atoms with Crippen LogP contribution in [0.1, 0.15) is 31.8 Å². The van der Waals surface area contributed by atoms with Gasteiger partial charge in [0.1, 0.15) is 0 Å². The van der Waals surface area contributed by atoms with Gasteiger partial charge in [-0.25, -0.2) is 0 Å². The number of hydrogen-bond acceptors (Lipinski definition) is 6. The van der Waals surface area contributed by atoms with E-state index in [1.165, 1.54) is 0 Å². The summed E-state index contributed by atoms with van der Waals surface area (Å²) >= 11 is 0. The van der Waals surface area contributed by atoms with Crippen molar-refractivity contribution in [1.82, 2.24) is 4.90 Å². The first kappa shape index (κ1) is 21.6. The summed E-state index contributed by atoms with van der Waals surface area (Å²) in [5, 5.41) is 9.99. The minimum atomic E-state index is -0.120. The summed E-state index contributed by atoms with van der Waals surface area (Å²) in [6.45, 7) is 2.82. The van der Waals surface area contributed by atoms with Crippen LogP contribution in [0.4, 0.5) is 17.1 Å². The highest BCUT2D eigenvalue weighted by atomic mass is 16.1. The Bertz CT molecular complexity index is 1130. The highest BCUT2D eigenvalue weighted by Crippen LogP contribution is 2.35. The first-order valence-corrected chi connectivity index (χ1v) is 10.8. The zero-order valence-corrected chi connectivity index (χ0v) is 18.4. The molecular weight excluding hydrogens is 400 g/mol. The van der Waals surface area contributed by atoms with Gasteiger partial charge in [-0.1, -0.05) is 42.5 Å². The van der Waals surface area contributed by atoms with Gasteiger partial charge in [-0.05, 0) is 38.4 Å². The average molecular weight is 429 g/mol. The number of fused-ring (bicyclic) bond motifs is 2. The summed E-state index contributed by atoms with van der Waals surface area (Å²) < 4.78 is 0. The molecule has 0 aliphatic heterocycles. The van der Waals surface area contributed by atoms with Gasteiger partial charge in [0, 0.05) is 54.4 Å². The van der Waals surface area contributed by atoms with Gasteiger partial charge < -0.3 is 20.9 Å². The third kappa shape index (κ3) is 4.50. The number of rotatable bonds is 9. The molecule has 164 valence electrons. The van der Waals surface area contributed by atoms with E-state index in [0.717, 1.165) is 12.2 Å². The Balaban J connectivity index is 1.53. The molecule has 0 heterocycles. The monoisotopic (exact) mass is 428 g/mol. The molecule has 0 aromatic heterocycles. The molecule has 0 atom stereocenters. The van der Waals surface area contributed by atoms with Crippen LogP contribution < -0.4 is 16.0 Å². The van der Waals surface area contributed by atoms with E-state index in [2.05, 4.69) is 20.9 Å². The topological polar surface area (TPSA) is 73.5 Å². The summed E-state index contributed by atoms with van der Waals surface area (Å²) in [4.78, 5) is 28.9. The fourth-order valence-electron chi connectivity index (χ4n) is 3.91. The van der Waals surface area contributed by atoms with Gasteiger partial charge in [-0.3, -0.25) is 9.59 Å². The Labute approximate surface area is 188 Å². The van der Waals surface area contributed by atoms with Crippen LogP contribution in [-0.4, -0.2) is 56.7 Å². The van der Waals surface area contributed by atoms with Gasteiger partial charge in [-0.15, -0.1) is 0 Å². The maximum absolute atomic E-state index is 13.4.